The maximum Gasteiger partial charge on any atom is 0.338 e. The SMILES string of the molecule is Cc1cc(N)cc(C(=O)OCC(=O)N2CCCCCC2)c1. The smallest absolute Gasteiger partial charge is 0.338 e. The minimum Gasteiger partial charge on any atom is -0.452 e. The number of hydrogen-bond acceptors (Lipinski definition) is 4. The van der Waals surface area contributed by atoms with E-state index in [1.165, 1.54) is 0 Å². The fourth-order valence-corrected chi connectivity index (χ4v) is 2.55. The van der Waals surface area contributed by atoms with Crippen LogP contribution < -0.4 is 5.73 Å². The molecule has 0 bridgehead atoms. The van der Waals surface area contributed by atoms with Gasteiger partial charge in [-0.15, -0.1) is 0 Å². The third kappa shape index (κ3) is 4.48. The molecule has 0 radical (unpaired) electrons. The topological polar surface area (TPSA) is 72.6 Å². The summed E-state index contributed by atoms with van der Waals surface area (Å²) in [6.07, 6.45) is 4.36. The summed E-state index contributed by atoms with van der Waals surface area (Å²) >= 11 is 0. The molecule has 0 spiro atoms. The van der Waals surface area contributed by atoms with E-state index in [1.807, 2.05) is 6.92 Å². The third-order valence-corrected chi connectivity index (χ3v) is 3.62. The van der Waals surface area contributed by atoms with Crippen molar-refractivity contribution in [1.82, 2.24) is 4.90 Å². The molecule has 2 rings (SSSR count). The molecule has 5 nitrogen and oxygen atoms in total. The van der Waals surface area contributed by atoms with Crippen molar-refractivity contribution in [3.63, 3.8) is 0 Å². The Balaban J connectivity index is 1.89. The molecule has 1 aliphatic rings. The lowest BCUT2D eigenvalue weighted by Gasteiger charge is -2.20. The van der Waals surface area contributed by atoms with Gasteiger partial charge in [0.05, 0.1) is 5.56 Å². The predicted molar refractivity (Wildman–Crippen MR) is 80.9 cm³/mol. The Kier molecular flexibility index (Phi) is 5.20. The fourth-order valence-electron chi connectivity index (χ4n) is 2.55. The molecule has 1 saturated heterocycles. The number of carbonyl (C=O) groups excluding carboxylic acids is 2. The second kappa shape index (κ2) is 7.11. The average molecular weight is 290 g/mol. The van der Waals surface area contributed by atoms with Gasteiger partial charge in [-0.25, -0.2) is 4.79 Å². The normalized spacial score (nSPS) is 15.4. The van der Waals surface area contributed by atoms with Crippen molar-refractivity contribution in [2.75, 3.05) is 25.4 Å². The van der Waals surface area contributed by atoms with Crippen molar-refractivity contribution in [3.05, 3.63) is 29.3 Å². The number of nitrogens with two attached hydrogens (primary N) is 1. The molecule has 21 heavy (non-hydrogen) atoms. The number of aryl methyl sites for hydroxylation is 1. The van der Waals surface area contributed by atoms with Crippen LogP contribution in [0.4, 0.5) is 5.69 Å². The Hall–Kier alpha value is -2.04. The molecule has 1 aromatic carbocycles. The Morgan fingerprint density at radius 3 is 2.43 bits per heavy atom. The van der Waals surface area contributed by atoms with Crippen LogP contribution in [0.1, 0.15) is 41.6 Å². The van der Waals surface area contributed by atoms with Crippen LogP contribution in [0.2, 0.25) is 0 Å². The molecule has 0 saturated carbocycles. The standard InChI is InChI=1S/C16H22N2O3/c1-12-8-13(10-14(17)9-12)16(20)21-11-15(19)18-6-4-2-3-5-7-18/h8-10H,2-7,11,17H2,1H3. The number of nitrogens with zero attached hydrogens (tertiary/aromatic N) is 1. The van der Waals surface area contributed by atoms with Crippen LogP contribution in [0.15, 0.2) is 18.2 Å². The van der Waals surface area contributed by atoms with Crippen molar-refractivity contribution in [1.29, 1.82) is 0 Å². The fraction of sp³-hybridized carbons (Fsp3) is 0.500. The molecule has 114 valence electrons. The van der Waals surface area contributed by atoms with Crippen LogP contribution in [0.25, 0.3) is 0 Å². The van der Waals surface area contributed by atoms with E-state index in [0.29, 0.717) is 11.3 Å². The van der Waals surface area contributed by atoms with Gasteiger partial charge in [0.1, 0.15) is 0 Å². The maximum absolute atomic E-state index is 12.0. The molecular weight excluding hydrogens is 268 g/mol. The highest BCUT2D eigenvalue weighted by molar-refractivity contribution is 5.92. The summed E-state index contributed by atoms with van der Waals surface area (Å²) in [5, 5.41) is 0. The summed E-state index contributed by atoms with van der Waals surface area (Å²) in [6, 6.07) is 5.04. The summed E-state index contributed by atoms with van der Waals surface area (Å²) in [5.74, 6) is -0.626. The number of carbonyl (C=O) groups is 2. The van der Waals surface area contributed by atoms with Gasteiger partial charge in [0.15, 0.2) is 6.61 Å². The van der Waals surface area contributed by atoms with Crippen molar-refractivity contribution >= 4 is 17.6 Å². The molecule has 0 aromatic heterocycles. The number of likely N-dealkylation sites (tertiary alicyclic amines) is 1. The highest BCUT2D eigenvalue weighted by Crippen LogP contribution is 2.13. The quantitative estimate of drug-likeness (QED) is 0.683. The van der Waals surface area contributed by atoms with Crippen LogP contribution in [0, 0.1) is 6.92 Å². The van der Waals surface area contributed by atoms with E-state index in [0.717, 1.165) is 44.3 Å². The molecule has 0 unspecified atom stereocenters. The Morgan fingerprint density at radius 2 is 1.81 bits per heavy atom. The first-order valence-electron chi connectivity index (χ1n) is 7.38. The van der Waals surface area contributed by atoms with E-state index in [9.17, 15) is 9.59 Å². The Labute approximate surface area is 125 Å². The lowest BCUT2D eigenvalue weighted by atomic mass is 10.1. The number of hydrogen-bond donors (Lipinski definition) is 1. The minimum atomic E-state index is -0.506. The van der Waals surface area contributed by atoms with E-state index in [4.69, 9.17) is 10.5 Å². The highest BCUT2D eigenvalue weighted by atomic mass is 16.5. The van der Waals surface area contributed by atoms with E-state index >= 15 is 0 Å². The number of ether oxygens (including phenoxy) is 1. The van der Waals surface area contributed by atoms with E-state index < -0.39 is 5.97 Å². The lowest BCUT2D eigenvalue weighted by molar-refractivity contribution is -0.134. The summed E-state index contributed by atoms with van der Waals surface area (Å²) in [6.45, 7) is 3.17. The zero-order valence-corrected chi connectivity index (χ0v) is 12.4. The first-order chi connectivity index (χ1) is 10.1. The van der Waals surface area contributed by atoms with E-state index in [-0.39, 0.29) is 12.5 Å². The van der Waals surface area contributed by atoms with Gasteiger partial charge < -0.3 is 15.4 Å². The second-order valence-electron chi connectivity index (χ2n) is 5.50. The summed E-state index contributed by atoms with van der Waals surface area (Å²) in [7, 11) is 0. The van der Waals surface area contributed by atoms with Gasteiger partial charge in [-0.3, -0.25) is 4.79 Å². The van der Waals surface area contributed by atoms with E-state index in [2.05, 4.69) is 0 Å². The Bertz CT molecular complexity index is 500. The largest absolute Gasteiger partial charge is 0.452 e. The molecule has 5 heteroatoms. The number of nitrogen functional groups attached to an aromatic ring is 1. The summed E-state index contributed by atoms with van der Waals surface area (Å²) in [5.41, 5.74) is 7.49. The zero-order valence-electron chi connectivity index (χ0n) is 12.4. The molecule has 0 aliphatic carbocycles. The van der Waals surface area contributed by atoms with Gasteiger partial charge in [0.2, 0.25) is 0 Å². The lowest BCUT2D eigenvalue weighted by Crippen LogP contribution is -2.35. The molecule has 0 atom stereocenters. The van der Waals surface area contributed by atoms with Gasteiger partial charge in [0, 0.05) is 18.8 Å². The first kappa shape index (κ1) is 15.4. The average Bonchev–Trinajstić information content (AvgIpc) is 2.72. The summed E-state index contributed by atoms with van der Waals surface area (Å²) in [4.78, 5) is 25.8. The number of anilines is 1. The van der Waals surface area contributed by atoms with Crippen molar-refractivity contribution in [2.45, 2.75) is 32.6 Å². The van der Waals surface area contributed by atoms with Crippen LogP contribution in [-0.4, -0.2) is 36.5 Å². The van der Waals surface area contributed by atoms with E-state index in [1.54, 1.807) is 23.1 Å². The van der Waals surface area contributed by atoms with Crippen LogP contribution in [0.3, 0.4) is 0 Å². The van der Waals surface area contributed by atoms with Gasteiger partial charge in [-0.1, -0.05) is 12.8 Å². The monoisotopic (exact) mass is 290 g/mol. The number of rotatable bonds is 3. The molecule has 2 N–H and O–H groups in total. The molecule has 1 aliphatic heterocycles. The van der Waals surface area contributed by atoms with Crippen LogP contribution in [-0.2, 0) is 9.53 Å². The van der Waals surface area contributed by atoms with Gasteiger partial charge in [-0.05, 0) is 43.5 Å². The van der Waals surface area contributed by atoms with Crippen molar-refractivity contribution in [2.24, 2.45) is 0 Å². The highest BCUT2D eigenvalue weighted by Gasteiger charge is 2.18. The van der Waals surface area contributed by atoms with Gasteiger partial charge in [0.25, 0.3) is 5.91 Å². The number of amides is 1. The minimum absolute atomic E-state index is 0.120. The van der Waals surface area contributed by atoms with Gasteiger partial charge in [-0.2, -0.15) is 0 Å². The first-order valence-corrected chi connectivity index (χ1v) is 7.38. The zero-order chi connectivity index (χ0) is 15.2. The summed E-state index contributed by atoms with van der Waals surface area (Å²) < 4.78 is 5.11. The number of esters is 1. The number of benzene rings is 1. The molecule has 1 aromatic rings. The van der Waals surface area contributed by atoms with Crippen LogP contribution in [0.5, 0.6) is 0 Å². The maximum atomic E-state index is 12.0. The molecule has 1 heterocycles. The molecule has 1 amide bonds. The molecular formula is C16H22N2O3. The third-order valence-electron chi connectivity index (χ3n) is 3.62. The van der Waals surface area contributed by atoms with Crippen molar-refractivity contribution < 1.29 is 14.3 Å². The van der Waals surface area contributed by atoms with Crippen molar-refractivity contribution in [3.8, 4) is 0 Å². The van der Waals surface area contributed by atoms with Crippen LogP contribution >= 0.6 is 0 Å². The Morgan fingerprint density at radius 1 is 1.14 bits per heavy atom. The molecule has 1 fully saturated rings. The van der Waals surface area contributed by atoms with Gasteiger partial charge >= 0.3 is 5.97 Å². The predicted octanol–water partition coefficient (Wildman–Crippen LogP) is 2.14. The second-order valence-corrected chi connectivity index (χ2v) is 5.50.